The molecule has 0 atom stereocenters. The van der Waals surface area contributed by atoms with E-state index in [9.17, 15) is 0 Å². The molecule has 0 spiro atoms. The highest BCUT2D eigenvalue weighted by atomic mass is 32.1. The molecule has 2 heterocycles. The van der Waals surface area contributed by atoms with E-state index in [1.165, 1.54) is 11.1 Å². The molecule has 0 bridgehead atoms. The quantitative estimate of drug-likeness (QED) is 0.475. The average Bonchev–Trinajstić information content (AvgIpc) is 3.28. The van der Waals surface area contributed by atoms with Crippen LogP contribution >= 0.6 is 22.7 Å². The standard InChI is InChI=1S/C19H14N2S2/c1-2-4-17(5-3-1)20-19-21-18(13-23-19)15-8-6-14(7-9-15)16-10-11-22-12-16/h1-13H,(H,20,21). The number of nitrogens with zero attached hydrogens (tertiary/aromatic N) is 1. The number of hydrogen-bond acceptors (Lipinski definition) is 4. The number of rotatable bonds is 4. The Bertz CT molecular complexity index is 879. The third-order valence-electron chi connectivity index (χ3n) is 3.56. The molecule has 0 fully saturated rings. The molecule has 1 N–H and O–H groups in total. The van der Waals surface area contributed by atoms with Crippen molar-refractivity contribution < 1.29 is 0 Å². The van der Waals surface area contributed by atoms with E-state index < -0.39 is 0 Å². The normalized spacial score (nSPS) is 10.6. The van der Waals surface area contributed by atoms with Gasteiger partial charge in [-0.2, -0.15) is 11.3 Å². The van der Waals surface area contributed by atoms with E-state index in [1.54, 1.807) is 22.7 Å². The monoisotopic (exact) mass is 334 g/mol. The average molecular weight is 334 g/mol. The molecule has 112 valence electrons. The maximum Gasteiger partial charge on any atom is 0.187 e. The maximum atomic E-state index is 4.68. The SMILES string of the molecule is c1ccc(Nc2nc(-c3ccc(-c4ccsc4)cc3)cs2)cc1. The fourth-order valence-electron chi connectivity index (χ4n) is 2.37. The summed E-state index contributed by atoms with van der Waals surface area (Å²) in [6.07, 6.45) is 0. The van der Waals surface area contributed by atoms with Gasteiger partial charge in [-0.1, -0.05) is 42.5 Å². The van der Waals surface area contributed by atoms with Crippen LogP contribution in [0.25, 0.3) is 22.4 Å². The first-order valence-electron chi connectivity index (χ1n) is 7.29. The molecule has 0 amide bonds. The lowest BCUT2D eigenvalue weighted by Gasteiger charge is -2.02. The van der Waals surface area contributed by atoms with Crippen LogP contribution in [-0.4, -0.2) is 4.98 Å². The number of aromatic nitrogens is 1. The minimum absolute atomic E-state index is 0.910. The number of nitrogens with one attached hydrogen (secondary N) is 1. The largest absolute Gasteiger partial charge is 0.332 e. The van der Waals surface area contributed by atoms with Crippen LogP contribution in [0.15, 0.2) is 76.8 Å². The molecule has 2 nitrogen and oxygen atoms in total. The zero-order chi connectivity index (χ0) is 15.5. The lowest BCUT2D eigenvalue weighted by Crippen LogP contribution is -1.88. The van der Waals surface area contributed by atoms with E-state index in [0.717, 1.165) is 22.1 Å². The number of anilines is 2. The minimum Gasteiger partial charge on any atom is -0.332 e. The van der Waals surface area contributed by atoms with Crippen molar-refractivity contribution in [2.75, 3.05) is 5.32 Å². The van der Waals surface area contributed by atoms with E-state index in [1.807, 2.05) is 30.3 Å². The molecule has 0 aliphatic carbocycles. The Hall–Kier alpha value is -2.43. The topological polar surface area (TPSA) is 24.9 Å². The molecule has 23 heavy (non-hydrogen) atoms. The number of benzene rings is 2. The Labute approximate surface area is 143 Å². The molecule has 0 radical (unpaired) electrons. The van der Waals surface area contributed by atoms with Crippen molar-refractivity contribution in [3.8, 4) is 22.4 Å². The third kappa shape index (κ3) is 3.18. The van der Waals surface area contributed by atoms with Gasteiger partial charge in [-0.25, -0.2) is 4.98 Å². The summed E-state index contributed by atoms with van der Waals surface area (Å²) in [6.45, 7) is 0. The predicted molar refractivity (Wildman–Crippen MR) is 101 cm³/mol. The summed E-state index contributed by atoms with van der Waals surface area (Å²) in [4.78, 5) is 4.68. The van der Waals surface area contributed by atoms with Crippen LogP contribution < -0.4 is 5.32 Å². The van der Waals surface area contributed by atoms with E-state index in [4.69, 9.17) is 0 Å². The molecule has 4 aromatic rings. The van der Waals surface area contributed by atoms with E-state index >= 15 is 0 Å². The minimum atomic E-state index is 0.910. The van der Waals surface area contributed by atoms with Gasteiger partial charge in [-0.15, -0.1) is 11.3 Å². The van der Waals surface area contributed by atoms with E-state index in [-0.39, 0.29) is 0 Å². The van der Waals surface area contributed by atoms with Gasteiger partial charge in [-0.3, -0.25) is 0 Å². The molecule has 0 aliphatic rings. The number of thiazole rings is 1. The summed E-state index contributed by atoms with van der Waals surface area (Å²) in [5.41, 5.74) is 5.71. The smallest absolute Gasteiger partial charge is 0.187 e. The first kappa shape index (κ1) is 14.2. The van der Waals surface area contributed by atoms with Crippen LogP contribution in [0, 0.1) is 0 Å². The van der Waals surface area contributed by atoms with E-state index in [0.29, 0.717) is 0 Å². The highest BCUT2D eigenvalue weighted by Crippen LogP contribution is 2.29. The van der Waals surface area contributed by atoms with Gasteiger partial charge in [0.1, 0.15) is 0 Å². The van der Waals surface area contributed by atoms with Crippen LogP contribution in [-0.2, 0) is 0 Å². The summed E-state index contributed by atoms with van der Waals surface area (Å²) in [6, 6.07) is 20.8. The predicted octanol–water partition coefficient (Wildman–Crippen LogP) is 6.28. The van der Waals surface area contributed by atoms with Crippen LogP contribution in [0.1, 0.15) is 0 Å². The van der Waals surface area contributed by atoms with Gasteiger partial charge in [0.15, 0.2) is 5.13 Å². The second-order valence-corrected chi connectivity index (χ2v) is 6.76. The summed E-state index contributed by atoms with van der Waals surface area (Å²) in [7, 11) is 0. The van der Waals surface area contributed by atoms with E-state index in [2.05, 4.69) is 56.8 Å². The van der Waals surface area contributed by atoms with Gasteiger partial charge in [0.05, 0.1) is 5.69 Å². The maximum absolute atomic E-state index is 4.68. The Balaban J connectivity index is 1.54. The van der Waals surface area contributed by atoms with Crippen molar-refractivity contribution >= 4 is 33.5 Å². The fraction of sp³-hybridized carbons (Fsp3) is 0. The highest BCUT2D eigenvalue weighted by molar-refractivity contribution is 7.14. The van der Waals surface area contributed by atoms with Crippen LogP contribution in [0.4, 0.5) is 10.8 Å². The molecule has 4 rings (SSSR count). The molecule has 0 saturated carbocycles. The van der Waals surface area contributed by atoms with Crippen molar-refractivity contribution in [3.05, 3.63) is 76.8 Å². The molecule has 0 saturated heterocycles. The summed E-state index contributed by atoms with van der Waals surface area (Å²) in [5.74, 6) is 0. The molecule has 0 aliphatic heterocycles. The molecular weight excluding hydrogens is 320 g/mol. The number of hydrogen-bond donors (Lipinski definition) is 1. The van der Waals surface area contributed by atoms with Crippen LogP contribution in [0.5, 0.6) is 0 Å². The fourth-order valence-corrected chi connectivity index (χ4v) is 3.78. The Morgan fingerprint density at radius 3 is 2.26 bits per heavy atom. The zero-order valence-corrected chi connectivity index (χ0v) is 13.9. The van der Waals surface area contributed by atoms with Gasteiger partial charge in [-0.05, 0) is 40.1 Å². The summed E-state index contributed by atoms with van der Waals surface area (Å²) in [5, 5.41) is 10.6. The van der Waals surface area contributed by atoms with Gasteiger partial charge >= 0.3 is 0 Å². The number of thiophene rings is 1. The summed E-state index contributed by atoms with van der Waals surface area (Å²) < 4.78 is 0. The molecule has 2 aromatic heterocycles. The second-order valence-electron chi connectivity index (χ2n) is 5.12. The van der Waals surface area contributed by atoms with Crippen molar-refractivity contribution in [3.63, 3.8) is 0 Å². The molecule has 2 aromatic carbocycles. The Kier molecular flexibility index (Phi) is 3.92. The van der Waals surface area contributed by atoms with Crippen molar-refractivity contribution in [2.24, 2.45) is 0 Å². The van der Waals surface area contributed by atoms with Crippen molar-refractivity contribution in [1.82, 2.24) is 4.98 Å². The van der Waals surface area contributed by atoms with Gasteiger partial charge in [0.2, 0.25) is 0 Å². The van der Waals surface area contributed by atoms with Gasteiger partial charge in [0.25, 0.3) is 0 Å². The third-order valence-corrected chi connectivity index (χ3v) is 5.01. The van der Waals surface area contributed by atoms with Crippen LogP contribution in [0.3, 0.4) is 0 Å². The molecule has 0 unspecified atom stereocenters. The lowest BCUT2D eigenvalue weighted by atomic mass is 10.1. The number of para-hydroxylation sites is 1. The highest BCUT2D eigenvalue weighted by Gasteiger charge is 2.06. The van der Waals surface area contributed by atoms with Gasteiger partial charge < -0.3 is 5.32 Å². The van der Waals surface area contributed by atoms with Crippen molar-refractivity contribution in [2.45, 2.75) is 0 Å². The van der Waals surface area contributed by atoms with Gasteiger partial charge in [0, 0.05) is 16.6 Å². The van der Waals surface area contributed by atoms with Crippen molar-refractivity contribution in [1.29, 1.82) is 0 Å². The summed E-state index contributed by atoms with van der Waals surface area (Å²) >= 11 is 3.34. The lowest BCUT2D eigenvalue weighted by molar-refractivity contribution is 1.38. The Morgan fingerprint density at radius 2 is 1.52 bits per heavy atom. The first-order valence-corrected chi connectivity index (χ1v) is 9.11. The zero-order valence-electron chi connectivity index (χ0n) is 12.3. The second kappa shape index (κ2) is 6.36. The molecular formula is C19H14N2S2. The van der Waals surface area contributed by atoms with Crippen LogP contribution in [0.2, 0.25) is 0 Å². The molecule has 4 heteroatoms. The first-order chi connectivity index (χ1) is 11.4. The Morgan fingerprint density at radius 1 is 0.739 bits per heavy atom.